The Hall–Kier alpha value is -0.120. The summed E-state index contributed by atoms with van der Waals surface area (Å²) in [4.78, 5) is 0. The van der Waals surface area contributed by atoms with Crippen molar-refractivity contribution in [3.05, 3.63) is 0 Å². The van der Waals surface area contributed by atoms with E-state index in [9.17, 15) is 0 Å². The lowest BCUT2D eigenvalue weighted by atomic mass is 9.69. The van der Waals surface area contributed by atoms with Crippen LogP contribution < -0.4 is 0 Å². The molecule has 134 valence electrons. The van der Waals surface area contributed by atoms with Crippen LogP contribution in [0.1, 0.15) is 65.7 Å². The molecule has 3 fully saturated rings. The van der Waals surface area contributed by atoms with Crippen molar-refractivity contribution in [1.82, 2.24) is 0 Å². The van der Waals surface area contributed by atoms with E-state index in [2.05, 4.69) is 20.8 Å². The van der Waals surface area contributed by atoms with E-state index < -0.39 is 0 Å². The van der Waals surface area contributed by atoms with Crippen LogP contribution >= 0.6 is 0 Å². The fourth-order valence-corrected chi connectivity index (χ4v) is 5.26. The van der Waals surface area contributed by atoms with Crippen molar-refractivity contribution in [3.63, 3.8) is 0 Å². The van der Waals surface area contributed by atoms with E-state index >= 15 is 0 Å². The van der Waals surface area contributed by atoms with E-state index in [0.717, 1.165) is 30.8 Å². The molecule has 7 unspecified atom stereocenters. The summed E-state index contributed by atoms with van der Waals surface area (Å²) < 4.78 is 18.4. The molecule has 0 amide bonds. The molecule has 3 nitrogen and oxygen atoms in total. The van der Waals surface area contributed by atoms with Crippen molar-refractivity contribution in [3.8, 4) is 0 Å². The summed E-state index contributed by atoms with van der Waals surface area (Å²) in [5, 5.41) is 0. The number of ether oxygens (including phenoxy) is 3. The van der Waals surface area contributed by atoms with Gasteiger partial charge in [0.1, 0.15) is 0 Å². The Bertz CT molecular complexity index is 370. The number of hydrogen-bond donors (Lipinski definition) is 0. The molecule has 0 aromatic heterocycles. The zero-order valence-corrected chi connectivity index (χ0v) is 15.5. The first kappa shape index (κ1) is 17.7. The maximum absolute atomic E-state index is 6.53. The molecule has 7 atom stereocenters. The molecule has 0 spiro atoms. The van der Waals surface area contributed by atoms with Crippen LogP contribution in [0, 0.1) is 23.7 Å². The number of rotatable bonds is 6. The molecular formula is C20H36O3. The van der Waals surface area contributed by atoms with Crippen LogP contribution in [0.25, 0.3) is 0 Å². The minimum Gasteiger partial charge on any atom is -0.381 e. The van der Waals surface area contributed by atoms with Gasteiger partial charge in [-0.3, -0.25) is 0 Å². The third kappa shape index (κ3) is 3.93. The summed E-state index contributed by atoms with van der Waals surface area (Å²) in [7, 11) is 1.85. The average Bonchev–Trinajstić information content (AvgIpc) is 2.90. The molecule has 0 aromatic rings. The van der Waals surface area contributed by atoms with E-state index in [1.165, 1.54) is 38.5 Å². The maximum atomic E-state index is 6.53. The molecule has 0 N–H and O–H groups in total. The highest BCUT2D eigenvalue weighted by Crippen LogP contribution is 2.49. The second-order valence-electron chi connectivity index (χ2n) is 8.52. The quantitative estimate of drug-likeness (QED) is 0.676. The normalized spacial score (nSPS) is 43.4. The predicted molar refractivity (Wildman–Crippen MR) is 92.5 cm³/mol. The Kier molecular flexibility index (Phi) is 6.03. The Morgan fingerprint density at radius 3 is 2.61 bits per heavy atom. The molecule has 23 heavy (non-hydrogen) atoms. The van der Waals surface area contributed by atoms with Gasteiger partial charge in [0.25, 0.3) is 0 Å². The van der Waals surface area contributed by atoms with Crippen molar-refractivity contribution in [2.45, 2.75) is 90.1 Å². The largest absolute Gasteiger partial charge is 0.381 e. The van der Waals surface area contributed by atoms with Crippen LogP contribution in [0.2, 0.25) is 0 Å². The van der Waals surface area contributed by atoms with Gasteiger partial charge in [0.05, 0.1) is 24.4 Å². The summed E-state index contributed by atoms with van der Waals surface area (Å²) in [6, 6.07) is 0. The van der Waals surface area contributed by atoms with Gasteiger partial charge in [0.15, 0.2) is 0 Å². The lowest BCUT2D eigenvalue weighted by Gasteiger charge is -2.38. The SMILES string of the molecule is COC1CCC2C3CCC(OCCCC(C)C)CC3OC2C1C. The molecule has 3 aliphatic rings. The van der Waals surface area contributed by atoms with E-state index in [-0.39, 0.29) is 0 Å². The van der Waals surface area contributed by atoms with Gasteiger partial charge in [-0.1, -0.05) is 20.8 Å². The van der Waals surface area contributed by atoms with E-state index in [4.69, 9.17) is 14.2 Å². The van der Waals surface area contributed by atoms with Gasteiger partial charge in [-0.15, -0.1) is 0 Å². The smallest absolute Gasteiger partial charge is 0.0661 e. The minimum atomic E-state index is 0.388. The fraction of sp³-hybridized carbons (Fsp3) is 1.00. The zero-order valence-electron chi connectivity index (χ0n) is 15.5. The Morgan fingerprint density at radius 1 is 1.09 bits per heavy atom. The molecule has 0 radical (unpaired) electrons. The second kappa shape index (κ2) is 7.84. The van der Waals surface area contributed by atoms with E-state index in [1.54, 1.807) is 0 Å². The van der Waals surface area contributed by atoms with Crippen LogP contribution in [0.4, 0.5) is 0 Å². The summed E-state index contributed by atoms with van der Waals surface area (Å²) in [6.45, 7) is 7.82. The number of methoxy groups -OCH3 is 1. The van der Waals surface area contributed by atoms with E-state index in [0.29, 0.717) is 30.3 Å². The zero-order chi connectivity index (χ0) is 16.4. The summed E-state index contributed by atoms with van der Waals surface area (Å²) in [5.41, 5.74) is 0. The molecule has 2 saturated carbocycles. The van der Waals surface area contributed by atoms with Gasteiger partial charge in [-0.25, -0.2) is 0 Å². The Balaban J connectivity index is 1.49. The van der Waals surface area contributed by atoms with Crippen molar-refractivity contribution < 1.29 is 14.2 Å². The molecule has 3 heteroatoms. The standard InChI is InChI=1S/C20H36O3/c1-13(2)6-5-11-22-15-7-8-16-17-9-10-18(21-4)14(3)20(17)23-19(16)12-15/h13-20H,5-12H2,1-4H3. The molecule has 1 aliphatic heterocycles. The minimum absolute atomic E-state index is 0.388. The van der Waals surface area contributed by atoms with E-state index in [1.807, 2.05) is 7.11 Å². The fourth-order valence-electron chi connectivity index (χ4n) is 5.26. The monoisotopic (exact) mass is 324 g/mol. The van der Waals surface area contributed by atoms with Gasteiger partial charge in [-0.05, 0) is 56.3 Å². The first-order valence-corrected chi connectivity index (χ1v) is 9.90. The van der Waals surface area contributed by atoms with Gasteiger partial charge < -0.3 is 14.2 Å². The van der Waals surface area contributed by atoms with Crippen LogP contribution in [0.15, 0.2) is 0 Å². The van der Waals surface area contributed by atoms with Crippen molar-refractivity contribution in [2.24, 2.45) is 23.7 Å². The topological polar surface area (TPSA) is 27.7 Å². The molecule has 2 aliphatic carbocycles. The molecule has 0 aromatic carbocycles. The molecule has 3 rings (SSSR count). The number of hydrogen-bond acceptors (Lipinski definition) is 3. The van der Waals surface area contributed by atoms with Crippen LogP contribution in [-0.4, -0.2) is 38.1 Å². The predicted octanol–water partition coefficient (Wildman–Crippen LogP) is 4.44. The third-order valence-corrected chi connectivity index (χ3v) is 6.57. The number of fused-ring (bicyclic) bond motifs is 3. The van der Waals surface area contributed by atoms with Crippen molar-refractivity contribution >= 4 is 0 Å². The van der Waals surface area contributed by atoms with Crippen LogP contribution in [0.3, 0.4) is 0 Å². The van der Waals surface area contributed by atoms with Gasteiger partial charge in [0, 0.05) is 26.1 Å². The van der Waals surface area contributed by atoms with Crippen molar-refractivity contribution in [2.75, 3.05) is 13.7 Å². The first-order valence-electron chi connectivity index (χ1n) is 9.90. The lowest BCUT2D eigenvalue weighted by molar-refractivity contribution is -0.0888. The van der Waals surface area contributed by atoms with Crippen LogP contribution in [-0.2, 0) is 14.2 Å². The van der Waals surface area contributed by atoms with Crippen molar-refractivity contribution in [1.29, 1.82) is 0 Å². The highest BCUT2D eigenvalue weighted by atomic mass is 16.5. The lowest BCUT2D eigenvalue weighted by Crippen LogP contribution is -2.41. The third-order valence-electron chi connectivity index (χ3n) is 6.57. The Morgan fingerprint density at radius 2 is 1.87 bits per heavy atom. The van der Waals surface area contributed by atoms with Crippen LogP contribution in [0.5, 0.6) is 0 Å². The van der Waals surface area contributed by atoms with Gasteiger partial charge in [0.2, 0.25) is 0 Å². The molecular weight excluding hydrogens is 288 g/mol. The molecule has 0 bridgehead atoms. The van der Waals surface area contributed by atoms with Gasteiger partial charge >= 0.3 is 0 Å². The van der Waals surface area contributed by atoms with Gasteiger partial charge in [-0.2, -0.15) is 0 Å². The Labute approximate surface area is 142 Å². The average molecular weight is 325 g/mol. The summed E-state index contributed by atoms with van der Waals surface area (Å²) in [5.74, 6) is 2.86. The highest BCUT2D eigenvalue weighted by Gasteiger charge is 2.51. The second-order valence-corrected chi connectivity index (χ2v) is 8.52. The maximum Gasteiger partial charge on any atom is 0.0661 e. The molecule has 1 saturated heterocycles. The summed E-state index contributed by atoms with van der Waals surface area (Å²) >= 11 is 0. The highest BCUT2D eigenvalue weighted by molar-refractivity contribution is 5.00. The molecule has 1 heterocycles. The summed E-state index contributed by atoms with van der Waals surface area (Å²) in [6.07, 6.45) is 10.3. The first-order chi connectivity index (χ1) is 11.1.